The van der Waals surface area contributed by atoms with Crippen molar-refractivity contribution in [1.82, 2.24) is 15.1 Å². The van der Waals surface area contributed by atoms with Crippen LogP contribution in [0.25, 0.3) is 0 Å². The van der Waals surface area contributed by atoms with E-state index in [0.29, 0.717) is 39.3 Å². The molecule has 132 valence electrons. The van der Waals surface area contributed by atoms with E-state index in [1.807, 2.05) is 20.8 Å². The second kappa shape index (κ2) is 7.97. The number of carbonyl (C=O) groups is 2. The van der Waals surface area contributed by atoms with Crippen molar-refractivity contribution < 1.29 is 19.1 Å². The van der Waals surface area contributed by atoms with Gasteiger partial charge in [0.15, 0.2) is 0 Å². The fourth-order valence-corrected chi connectivity index (χ4v) is 2.71. The average Bonchev–Trinajstić information content (AvgIpc) is 2.52. The molecule has 2 aliphatic heterocycles. The molecule has 0 aromatic carbocycles. The Hall–Kier alpha value is -1.34. The van der Waals surface area contributed by atoms with Crippen LogP contribution in [0.15, 0.2) is 0 Å². The third kappa shape index (κ3) is 5.99. The Kier molecular flexibility index (Phi) is 6.24. The van der Waals surface area contributed by atoms with E-state index in [0.717, 1.165) is 19.4 Å². The van der Waals surface area contributed by atoms with Gasteiger partial charge in [0.05, 0.1) is 13.2 Å². The summed E-state index contributed by atoms with van der Waals surface area (Å²) < 4.78 is 10.8. The lowest BCUT2D eigenvalue weighted by Gasteiger charge is -2.36. The summed E-state index contributed by atoms with van der Waals surface area (Å²) >= 11 is 0. The molecule has 2 fully saturated rings. The second-order valence-corrected chi connectivity index (χ2v) is 7.14. The molecule has 7 nitrogen and oxygen atoms in total. The number of nitrogens with zero attached hydrogens (tertiary/aromatic N) is 2. The van der Waals surface area contributed by atoms with Gasteiger partial charge in [0, 0.05) is 38.8 Å². The van der Waals surface area contributed by atoms with Gasteiger partial charge in [-0.3, -0.25) is 4.79 Å². The van der Waals surface area contributed by atoms with Crippen LogP contribution in [0, 0.1) is 0 Å². The van der Waals surface area contributed by atoms with E-state index in [2.05, 4.69) is 5.32 Å². The molecule has 2 heterocycles. The molecule has 2 rings (SSSR count). The number of ether oxygens (including phenoxy) is 2. The maximum absolute atomic E-state index is 12.2. The monoisotopic (exact) mass is 327 g/mol. The van der Waals surface area contributed by atoms with Crippen LogP contribution in [0.4, 0.5) is 4.79 Å². The number of amides is 2. The number of hydrogen-bond acceptors (Lipinski definition) is 5. The quantitative estimate of drug-likeness (QED) is 0.831. The zero-order valence-corrected chi connectivity index (χ0v) is 14.5. The molecular formula is C16H29N3O4. The molecule has 2 saturated heterocycles. The van der Waals surface area contributed by atoms with Gasteiger partial charge in [-0.05, 0) is 33.6 Å². The molecule has 0 aromatic heterocycles. The maximum atomic E-state index is 12.2. The van der Waals surface area contributed by atoms with E-state index in [1.165, 1.54) is 0 Å². The normalized spacial score (nSPS) is 22.8. The van der Waals surface area contributed by atoms with E-state index in [1.54, 1.807) is 9.80 Å². The van der Waals surface area contributed by atoms with Crippen molar-refractivity contribution in [2.75, 3.05) is 45.9 Å². The lowest BCUT2D eigenvalue weighted by Crippen LogP contribution is -2.54. The maximum Gasteiger partial charge on any atom is 0.410 e. The van der Waals surface area contributed by atoms with Gasteiger partial charge >= 0.3 is 6.09 Å². The van der Waals surface area contributed by atoms with E-state index in [-0.39, 0.29) is 18.0 Å². The Morgan fingerprint density at radius 1 is 1.17 bits per heavy atom. The predicted molar refractivity (Wildman–Crippen MR) is 86.2 cm³/mol. The molecule has 0 aromatic rings. The molecule has 2 aliphatic rings. The molecule has 0 bridgehead atoms. The molecule has 0 aliphatic carbocycles. The minimum atomic E-state index is -0.490. The largest absolute Gasteiger partial charge is 0.444 e. The SMILES string of the molecule is CC(C)(C)OC(=O)N1CCN(C(=O)CNC2CCCOC2)CC1. The van der Waals surface area contributed by atoms with Crippen molar-refractivity contribution in [3.05, 3.63) is 0 Å². The van der Waals surface area contributed by atoms with Gasteiger partial charge in [0.2, 0.25) is 5.91 Å². The molecule has 1 N–H and O–H groups in total. The van der Waals surface area contributed by atoms with Gasteiger partial charge in [-0.25, -0.2) is 4.79 Å². The lowest BCUT2D eigenvalue weighted by molar-refractivity contribution is -0.132. The number of nitrogens with one attached hydrogen (secondary N) is 1. The minimum absolute atomic E-state index is 0.0828. The number of rotatable bonds is 3. The third-order valence-corrected chi connectivity index (χ3v) is 3.99. The Morgan fingerprint density at radius 2 is 1.83 bits per heavy atom. The zero-order valence-electron chi connectivity index (χ0n) is 14.5. The van der Waals surface area contributed by atoms with Gasteiger partial charge in [-0.15, -0.1) is 0 Å². The Balaban J connectivity index is 1.69. The van der Waals surface area contributed by atoms with Gasteiger partial charge in [-0.2, -0.15) is 0 Å². The molecule has 0 spiro atoms. The van der Waals surface area contributed by atoms with Gasteiger partial charge in [0.25, 0.3) is 0 Å². The third-order valence-electron chi connectivity index (χ3n) is 3.99. The summed E-state index contributed by atoms with van der Waals surface area (Å²) in [4.78, 5) is 27.7. The van der Waals surface area contributed by atoms with Crippen LogP contribution in [0.1, 0.15) is 33.6 Å². The highest BCUT2D eigenvalue weighted by Crippen LogP contribution is 2.12. The minimum Gasteiger partial charge on any atom is -0.444 e. The summed E-state index contributed by atoms with van der Waals surface area (Å²) in [5.41, 5.74) is -0.490. The molecule has 1 atom stereocenters. The molecule has 1 unspecified atom stereocenters. The van der Waals surface area contributed by atoms with E-state index in [9.17, 15) is 9.59 Å². The Bertz CT molecular complexity index is 408. The van der Waals surface area contributed by atoms with Crippen molar-refractivity contribution in [3.8, 4) is 0 Å². The van der Waals surface area contributed by atoms with Crippen LogP contribution in [0.2, 0.25) is 0 Å². The van der Waals surface area contributed by atoms with Crippen molar-refractivity contribution >= 4 is 12.0 Å². The molecule has 0 saturated carbocycles. The van der Waals surface area contributed by atoms with Crippen LogP contribution < -0.4 is 5.32 Å². The summed E-state index contributed by atoms with van der Waals surface area (Å²) in [5.74, 6) is 0.0828. The van der Waals surface area contributed by atoms with Crippen molar-refractivity contribution in [2.45, 2.75) is 45.3 Å². The summed E-state index contributed by atoms with van der Waals surface area (Å²) in [7, 11) is 0. The highest BCUT2D eigenvalue weighted by atomic mass is 16.6. The van der Waals surface area contributed by atoms with E-state index in [4.69, 9.17) is 9.47 Å². The smallest absolute Gasteiger partial charge is 0.410 e. The van der Waals surface area contributed by atoms with Crippen molar-refractivity contribution in [2.24, 2.45) is 0 Å². The first-order valence-corrected chi connectivity index (χ1v) is 8.42. The fraction of sp³-hybridized carbons (Fsp3) is 0.875. The van der Waals surface area contributed by atoms with Gasteiger partial charge < -0.3 is 24.6 Å². The van der Waals surface area contributed by atoms with Crippen LogP contribution in [0.5, 0.6) is 0 Å². The molecule has 2 amide bonds. The Labute approximate surface area is 138 Å². The number of hydrogen-bond donors (Lipinski definition) is 1. The van der Waals surface area contributed by atoms with Gasteiger partial charge in [-0.1, -0.05) is 0 Å². The van der Waals surface area contributed by atoms with E-state index >= 15 is 0 Å². The molecular weight excluding hydrogens is 298 g/mol. The molecule has 7 heteroatoms. The van der Waals surface area contributed by atoms with Crippen LogP contribution in [-0.4, -0.2) is 79.4 Å². The number of carbonyl (C=O) groups excluding carboxylic acids is 2. The summed E-state index contributed by atoms with van der Waals surface area (Å²) in [6.07, 6.45) is 1.79. The van der Waals surface area contributed by atoms with Crippen LogP contribution >= 0.6 is 0 Å². The predicted octanol–water partition coefficient (Wildman–Crippen LogP) is 0.834. The van der Waals surface area contributed by atoms with E-state index < -0.39 is 5.60 Å². The standard InChI is InChI=1S/C16H29N3O4/c1-16(2,3)23-15(21)19-8-6-18(7-9-19)14(20)11-17-13-5-4-10-22-12-13/h13,17H,4-12H2,1-3H3. The Morgan fingerprint density at radius 3 is 2.39 bits per heavy atom. The molecule has 23 heavy (non-hydrogen) atoms. The topological polar surface area (TPSA) is 71.1 Å². The highest BCUT2D eigenvalue weighted by Gasteiger charge is 2.27. The first-order valence-electron chi connectivity index (χ1n) is 8.42. The average molecular weight is 327 g/mol. The first kappa shape index (κ1) is 18.0. The summed E-state index contributed by atoms with van der Waals surface area (Å²) in [6.45, 7) is 9.54. The highest BCUT2D eigenvalue weighted by molar-refractivity contribution is 5.78. The lowest BCUT2D eigenvalue weighted by atomic mass is 10.1. The summed E-state index contributed by atoms with van der Waals surface area (Å²) in [6, 6.07) is 0.274. The number of piperazine rings is 1. The van der Waals surface area contributed by atoms with Crippen molar-refractivity contribution in [1.29, 1.82) is 0 Å². The van der Waals surface area contributed by atoms with Crippen LogP contribution in [0.3, 0.4) is 0 Å². The fourth-order valence-electron chi connectivity index (χ4n) is 2.71. The van der Waals surface area contributed by atoms with Crippen LogP contribution in [-0.2, 0) is 14.3 Å². The second-order valence-electron chi connectivity index (χ2n) is 7.14. The summed E-state index contributed by atoms with van der Waals surface area (Å²) in [5, 5.41) is 3.26. The van der Waals surface area contributed by atoms with Crippen molar-refractivity contribution in [3.63, 3.8) is 0 Å². The van der Waals surface area contributed by atoms with Gasteiger partial charge in [0.1, 0.15) is 5.60 Å². The molecule has 0 radical (unpaired) electrons. The first-order chi connectivity index (χ1) is 10.8. The zero-order chi connectivity index (χ0) is 16.9.